The Morgan fingerprint density at radius 2 is 0.684 bits per heavy atom. The van der Waals surface area contributed by atoms with Gasteiger partial charge in [0.15, 0.2) is 0 Å². The molecular weight excluding hydrogens is 733 g/mol. The molecule has 0 aromatic heterocycles. The van der Waals surface area contributed by atoms with E-state index in [4.69, 9.17) is 0 Å². The number of para-hydroxylation sites is 4. The summed E-state index contributed by atoms with van der Waals surface area (Å²) in [5, 5.41) is 20.8. The van der Waals surface area contributed by atoms with Crippen molar-refractivity contribution >= 4 is 57.6 Å². The van der Waals surface area contributed by atoms with E-state index in [0.29, 0.717) is 11.1 Å². The largest absolute Gasteiger partial charge is 0.308 e. The van der Waals surface area contributed by atoms with Crippen LogP contribution in [-0.2, 0) is 5.41 Å². The quantitative estimate of drug-likeness (QED) is 0.175. The topological polar surface area (TPSA) is 54.1 Å². The van der Waals surface area contributed by atoms with Crippen molar-refractivity contribution in [2.24, 2.45) is 0 Å². The number of nitriles is 2. The van der Waals surface area contributed by atoms with Crippen LogP contribution in [0.4, 0.5) is 34.1 Å². The van der Waals surface area contributed by atoms with Gasteiger partial charge in [-0.2, -0.15) is 10.5 Å². The van der Waals surface area contributed by atoms with Gasteiger partial charge in [0.2, 0.25) is 0 Å². The Kier molecular flexibility index (Phi) is 6.81. The van der Waals surface area contributed by atoms with E-state index in [0.717, 1.165) is 78.6 Å². The molecule has 0 amide bonds. The summed E-state index contributed by atoms with van der Waals surface area (Å²) in [5.41, 5.74) is 15.9. The predicted molar refractivity (Wildman–Crippen MR) is 230 cm³/mol. The Labute approximate surface area is 338 Å². The van der Waals surface area contributed by atoms with Gasteiger partial charge in [-0.25, -0.2) is 0 Å². The van der Waals surface area contributed by atoms with Crippen molar-refractivity contribution in [3.05, 3.63) is 203 Å². The molecule has 6 heteroatoms. The first-order valence-corrected chi connectivity index (χ1v) is 20.5. The zero-order valence-corrected chi connectivity index (χ0v) is 31.9. The monoisotopic (exact) mass is 760 g/mol. The van der Waals surface area contributed by atoms with Crippen LogP contribution in [0.1, 0.15) is 33.4 Å². The molecule has 2 aliphatic heterocycles. The van der Waals surface area contributed by atoms with Gasteiger partial charge in [-0.15, -0.1) is 0 Å². The molecule has 0 unspecified atom stereocenters. The van der Waals surface area contributed by atoms with E-state index in [-0.39, 0.29) is 0 Å². The molecule has 2 heterocycles. The van der Waals surface area contributed by atoms with Gasteiger partial charge >= 0.3 is 0 Å². The standard InChI is InChI=1S/C51H28N4S2/c52-29-31-17-21-35-36-22-18-32(30-53)26-40(36)51(39(35)25-31)41-27-33(54-43-9-1-5-13-47(43)56-48-14-6-2-10-44(48)54)19-23-37(41)38-24-20-34(28-42(38)51)55-45-11-3-7-15-49(45)57-50-16-8-4-12-46(50)55/h1-28H. The highest BCUT2D eigenvalue weighted by molar-refractivity contribution is 8.00. The normalized spacial score (nSPS) is 14.2. The first kappa shape index (κ1) is 32.3. The second-order valence-corrected chi connectivity index (χ2v) is 16.9. The van der Waals surface area contributed by atoms with Gasteiger partial charge in [0.05, 0.1) is 51.4 Å². The molecule has 264 valence electrons. The fraction of sp³-hybridized carbons (Fsp3) is 0.0196. The highest BCUT2D eigenvalue weighted by Crippen LogP contribution is 2.65. The highest BCUT2D eigenvalue weighted by Gasteiger charge is 2.52. The zero-order chi connectivity index (χ0) is 37.8. The Bertz CT molecular complexity index is 2850. The van der Waals surface area contributed by atoms with E-state index in [2.05, 4.69) is 180 Å². The Balaban J connectivity index is 1.17. The van der Waals surface area contributed by atoms with E-state index in [1.807, 2.05) is 12.1 Å². The van der Waals surface area contributed by atoms with Crippen molar-refractivity contribution in [3.8, 4) is 34.4 Å². The third-order valence-electron chi connectivity index (χ3n) is 11.9. The van der Waals surface area contributed by atoms with Crippen LogP contribution in [0, 0.1) is 22.7 Å². The van der Waals surface area contributed by atoms with Crippen LogP contribution >= 0.6 is 23.5 Å². The molecule has 8 aromatic carbocycles. The first-order chi connectivity index (χ1) is 28.1. The molecule has 12 rings (SSSR count). The van der Waals surface area contributed by atoms with Crippen LogP contribution in [0.5, 0.6) is 0 Å². The number of hydrogen-bond acceptors (Lipinski definition) is 6. The van der Waals surface area contributed by atoms with Crippen molar-refractivity contribution in [3.63, 3.8) is 0 Å². The molecule has 0 radical (unpaired) electrons. The van der Waals surface area contributed by atoms with E-state index in [1.54, 1.807) is 23.5 Å². The second kappa shape index (κ2) is 12.0. The van der Waals surface area contributed by atoms with Crippen LogP contribution in [0.3, 0.4) is 0 Å². The molecule has 0 fully saturated rings. The average Bonchev–Trinajstić information content (AvgIpc) is 3.72. The summed E-state index contributed by atoms with van der Waals surface area (Å²) in [4.78, 5) is 9.58. The smallest absolute Gasteiger partial charge is 0.0991 e. The summed E-state index contributed by atoms with van der Waals surface area (Å²) >= 11 is 3.60. The molecule has 8 aromatic rings. The zero-order valence-electron chi connectivity index (χ0n) is 30.3. The second-order valence-electron chi connectivity index (χ2n) is 14.7. The number of benzene rings is 8. The first-order valence-electron chi connectivity index (χ1n) is 18.9. The van der Waals surface area contributed by atoms with E-state index < -0.39 is 5.41 Å². The number of nitrogens with zero attached hydrogens (tertiary/aromatic N) is 4. The molecule has 1 spiro atoms. The van der Waals surface area contributed by atoms with Crippen LogP contribution in [0.15, 0.2) is 189 Å². The SMILES string of the molecule is N#Cc1ccc2c(c1)C1(c3cc(C#N)ccc3-2)c2cc(N3c4ccccc4Sc4ccccc43)ccc2-c2ccc(N3c4ccccc4Sc4ccccc43)cc21. The minimum atomic E-state index is -0.811. The molecule has 57 heavy (non-hydrogen) atoms. The van der Waals surface area contributed by atoms with Gasteiger partial charge in [-0.3, -0.25) is 0 Å². The lowest BCUT2D eigenvalue weighted by atomic mass is 9.70. The molecule has 2 aliphatic carbocycles. The van der Waals surface area contributed by atoms with Crippen molar-refractivity contribution in [1.29, 1.82) is 10.5 Å². The van der Waals surface area contributed by atoms with Crippen LogP contribution in [0.2, 0.25) is 0 Å². The average molecular weight is 761 g/mol. The van der Waals surface area contributed by atoms with Crippen molar-refractivity contribution in [2.45, 2.75) is 25.0 Å². The van der Waals surface area contributed by atoms with Crippen LogP contribution < -0.4 is 9.80 Å². The molecule has 0 atom stereocenters. The van der Waals surface area contributed by atoms with Gasteiger partial charge in [0.1, 0.15) is 0 Å². The summed E-state index contributed by atoms with van der Waals surface area (Å²) in [6.45, 7) is 0. The maximum absolute atomic E-state index is 10.4. The number of fused-ring (bicyclic) bond motifs is 14. The summed E-state index contributed by atoms with van der Waals surface area (Å²) in [6.07, 6.45) is 0. The third kappa shape index (κ3) is 4.40. The van der Waals surface area contributed by atoms with E-state index in [1.165, 1.54) is 19.6 Å². The number of rotatable bonds is 2. The number of anilines is 6. The molecule has 0 saturated carbocycles. The summed E-state index contributed by atoms with van der Waals surface area (Å²) in [7, 11) is 0. The van der Waals surface area contributed by atoms with Gasteiger partial charge < -0.3 is 9.80 Å². The maximum Gasteiger partial charge on any atom is 0.0991 e. The third-order valence-corrected chi connectivity index (χ3v) is 14.1. The number of hydrogen-bond donors (Lipinski definition) is 0. The maximum atomic E-state index is 10.4. The van der Waals surface area contributed by atoms with Gasteiger partial charge in [-0.05, 0) is 142 Å². The fourth-order valence-corrected chi connectivity index (χ4v) is 11.7. The predicted octanol–water partition coefficient (Wildman–Crippen LogP) is 13.6. The van der Waals surface area contributed by atoms with Crippen LogP contribution in [0.25, 0.3) is 22.3 Å². The minimum absolute atomic E-state index is 0.607. The molecular formula is C51H28N4S2. The highest BCUT2D eigenvalue weighted by atomic mass is 32.2. The molecule has 4 aliphatic rings. The summed E-state index contributed by atoms with van der Waals surface area (Å²) < 4.78 is 0. The van der Waals surface area contributed by atoms with Gasteiger partial charge in [0, 0.05) is 31.0 Å². The minimum Gasteiger partial charge on any atom is -0.308 e. The summed E-state index contributed by atoms with van der Waals surface area (Å²) in [5.74, 6) is 0. The molecule has 0 N–H and O–H groups in total. The lowest BCUT2D eigenvalue weighted by Gasteiger charge is -2.36. The Morgan fingerprint density at radius 1 is 0.368 bits per heavy atom. The molecule has 0 bridgehead atoms. The van der Waals surface area contributed by atoms with Crippen LogP contribution in [-0.4, -0.2) is 0 Å². The van der Waals surface area contributed by atoms with Crippen molar-refractivity contribution < 1.29 is 0 Å². The van der Waals surface area contributed by atoms with E-state index in [9.17, 15) is 10.5 Å². The van der Waals surface area contributed by atoms with Crippen molar-refractivity contribution in [2.75, 3.05) is 9.80 Å². The molecule has 4 nitrogen and oxygen atoms in total. The van der Waals surface area contributed by atoms with Gasteiger partial charge in [0.25, 0.3) is 0 Å². The Morgan fingerprint density at radius 3 is 1.04 bits per heavy atom. The lowest BCUT2D eigenvalue weighted by Crippen LogP contribution is -2.27. The lowest BCUT2D eigenvalue weighted by molar-refractivity contribution is 0.792. The van der Waals surface area contributed by atoms with E-state index >= 15 is 0 Å². The Hall–Kier alpha value is -6.96. The summed E-state index contributed by atoms with van der Waals surface area (Å²) in [6, 6.07) is 65.4. The fourth-order valence-electron chi connectivity index (χ4n) is 9.59. The van der Waals surface area contributed by atoms with Crippen molar-refractivity contribution in [1.82, 2.24) is 0 Å². The molecule has 0 saturated heterocycles. The van der Waals surface area contributed by atoms with Gasteiger partial charge in [-0.1, -0.05) is 96.3 Å².